The van der Waals surface area contributed by atoms with Gasteiger partial charge in [0.2, 0.25) is 5.91 Å². The van der Waals surface area contributed by atoms with Crippen molar-refractivity contribution in [3.05, 3.63) is 0 Å². The van der Waals surface area contributed by atoms with Crippen molar-refractivity contribution >= 4 is 5.91 Å². The van der Waals surface area contributed by atoms with Crippen molar-refractivity contribution in [1.82, 2.24) is 5.32 Å². The molecule has 0 radical (unpaired) electrons. The number of ether oxygens (including phenoxy) is 2. The van der Waals surface area contributed by atoms with Crippen LogP contribution in [0.2, 0.25) is 0 Å². The van der Waals surface area contributed by atoms with E-state index in [0.717, 1.165) is 0 Å². The fraction of sp³-hybridized carbons (Fsp3) is 0.900. The van der Waals surface area contributed by atoms with Gasteiger partial charge in [0.15, 0.2) is 5.79 Å². The summed E-state index contributed by atoms with van der Waals surface area (Å²) in [6.45, 7) is 3.82. The number of carbonyl (C=O) groups excluding carboxylic acids is 1. The summed E-state index contributed by atoms with van der Waals surface area (Å²) < 4.78 is 10.9. The van der Waals surface area contributed by atoms with Crippen LogP contribution in [0.15, 0.2) is 0 Å². The molecule has 0 saturated carbocycles. The van der Waals surface area contributed by atoms with E-state index in [4.69, 9.17) is 9.47 Å². The quantitative estimate of drug-likeness (QED) is 0.524. The zero-order valence-corrected chi connectivity index (χ0v) is 9.34. The Morgan fingerprint density at radius 2 is 2.12 bits per heavy atom. The maximum absolute atomic E-state index is 11.3. The van der Waals surface area contributed by atoms with Crippen molar-refractivity contribution in [2.75, 3.05) is 6.61 Å². The van der Waals surface area contributed by atoms with Gasteiger partial charge in [0, 0.05) is 0 Å². The lowest BCUT2D eigenvalue weighted by molar-refractivity contribution is -0.158. The Balaban J connectivity index is 2.05. The molecule has 0 aliphatic carbocycles. The molecule has 0 aromatic heterocycles. The topological polar surface area (TPSA) is 88.0 Å². The maximum atomic E-state index is 11.3. The average molecular weight is 231 g/mol. The van der Waals surface area contributed by atoms with Crippen LogP contribution in [0, 0.1) is 0 Å². The molecule has 1 amide bonds. The number of carbonyl (C=O) groups is 1. The van der Waals surface area contributed by atoms with E-state index in [1.165, 1.54) is 0 Å². The molecule has 2 heterocycles. The molecule has 0 spiro atoms. The van der Waals surface area contributed by atoms with Crippen molar-refractivity contribution < 1.29 is 24.5 Å². The van der Waals surface area contributed by atoms with E-state index < -0.39 is 30.1 Å². The Morgan fingerprint density at radius 3 is 2.69 bits per heavy atom. The molecule has 3 N–H and O–H groups in total. The molecule has 2 saturated heterocycles. The monoisotopic (exact) mass is 231 g/mol. The normalized spacial score (nSPS) is 43.1. The van der Waals surface area contributed by atoms with E-state index in [1.54, 1.807) is 13.8 Å². The summed E-state index contributed by atoms with van der Waals surface area (Å²) >= 11 is 0. The Hall–Kier alpha value is -0.690. The summed E-state index contributed by atoms with van der Waals surface area (Å²) in [5.74, 6) is -0.992. The fourth-order valence-electron chi connectivity index (χ4n) is 2.09. The van der Waals surface area contributed by atoms with Gasteiger partial charge < -0.3 is 25.0 Å². The lowest BCUT2D eigenvalue weighted by Gasteiger charge is -2.35. The third kappa shape index (κ3) is 2.20. The number of nitrogens with one attached hydrogen (secondary N) is 1. The second kappa shape index (κ2) is 3.96. The molecule has 0 aromatic rings. The Kier molecular flexibility index (Phi) is 2.91. The third-order valence-electron chi connectivity index (χ3n) is 2.92. The molecular weight excluding hydrogens is 214 g/mol. The zero-order valence-electron chi connectivity index (χ0n) is 9.34. The Labute approximate surface area is 93.5 Å². The van der Waals surface area contributed by atoms with Crippen LogP contribution >= 0.6 is 0 Å². The predicted octanol–water partition coefficient (Wildman–Crippen LogP) is -1.25. The molecule has 0 bridgehead atoms. The standard InChI is InChI=1S/C10H17NO5/c1-10(2)15-4-6(16-10)8-9(14)5(12)3-7(13)11-8/h5-6,8-9,12,14H,3-4H2,1-2H3,(H,11,13)/t5-,6+,8+,9+/m0/s1. The molecule has 16 heavy (non-hydrogen) atoms. The minimum absolute atomic E-state index is 0.0748. The molecule has 6 heteroatoms. The number of hydrogen-bond donors (Lipinski definition) is 3. The van der Waals surface area contributed by atoms with Crippen LogP contribution in [0.4, 0.5) is 0 Å². The van der Waals surface area contributed by atoms with Crippen LogP contribution in [-0.4, -0.2) is 52.9 Å². The summed E-state index contributed by atoms with van der Waals surface area (Å²) in [5, 5.41) is 21.9. The second-order valence-corrected chi connectivity index (χ2v) is 4.72. The first-order valence-corrected chi connectivity index (χ1v) is 5.36. The van der Waals surface area contributed by atoms with Gasteiger partial charge in [-0.25, -0.2) is 0 Å². The van der Waals surface area contributed by atoms with E-state index in [-0.39, 0.29) is 12.3 Å². The van der Waals surface area contributed by atoms with Crippen LogP contribution in [0.1, 0.15) is 20.3 Å². The first-order chi connectivity index (χ1) is 7.39. The number of aliphatic hydroxyl groups excluding tert-OH is 2. The molecule has 0 unspecified atom stereocenters. The molecule has 2 aliphatic rings. The summed E-state index contributed by atoms with van der Waals surface area (Å²) in [6.07, 6.45) is -2.55. The van der Waals surface area contributed by atoms with Crippen molar-refractivity contribution in [2.45, 2.75) is 50.4 Å². The van der Waals surface area contributed by atoms with Crippen LogP contribution in [0.5, 0.6) is 0 Å². The molecule has 92 valence electrons. The minimum atomic E-state index is -1.04. The van der Waals surface area contributed by atoms with Gasteiger partial charge in [-0.05, 0) is 13.8 Å². The SMILES string of the molecule is CC1(C)OC[C@H]([C@H]2NC(=O)C[C@H](O)[C@H]2O)O1. The molecule has 2 rings (SSSR count). The van der Waals surface area contributed by atoms with Gasteiger partial charge >= 0.3 is 0 Å². The summed E-state index contributed by atoms with van der Waals surface area (Å²) in [4.78, 5) is 11.3. The smallest absolute Gasteiger partial charge is 0.223 e. The van der Waals surface area contributed by atoms with E-state index in [9.17, 15) is 15.0 Å². The predicted molar refractivity (Wildman–Crippen MR) is 53.5 cm³/mol. The number of amides is 1. The molecule has 2 aliphatic heterocycles. The highest BCUT2D eigenvalue weighted by Gasteiger charge is 2.45. The molecule has 2 fully saturated rings. The highest BCUT2D eigenvalue weighted by molar-refractivity contribution is 5.78. The van der Waals surface area contributed by atoms with Gasteiger partial charge in [0.1, 0.15) is 12.2 Å². The van der Waals surface area contributed by atoms with Gasteiger partial charge in [-0.15, -0.1) is 0 Å². The van der Waals surface area contributed by atoms with Crippen LogP contribution in [0.25, 0.3) is 0 Å². The second-order valence-electron chi connectivity index (χ2n) is 4.72. The lowest BCUT2D eigenvalue weighted by Crippen LogP contribution is -2.60. The summed E-state index contributed by atoms with van der Waals surface area (Å²) in [6, 6.07) is -0.613. The van der Waals surface area contributed by atoms with Gasteiger partial charge in [0.05, 0.1) is 25.2 Å². The summed E-state index contributed by atoms with van der Waals surface area (Å²) in [7, 11) is 0. The number of aliphatic hydroxyl groups is 2. The van der Waals surface area contributed by atoms with Crippen molar-refractivity contribution in [1.29, 1.82) is 0 Å². The third-order valence-corrected chi connectivity index (χ3v) is 2.92. The van der Waals surface area contributed by atoms with Crippen molar-refractivity contribution in [2.24, 2.45) is 0 Å². The lowest BCUT2D eigenvalue weighted by atomic mass is 9.94. The largest absolute Gasteiger partial charge is 0.390 e. The van der Waals surface area contributed by atoms with Gasteiger partial charge in [-0.3, -0.25) is 4.79 Å². The van der Waals surface area contributed by atoms with Crippen molar-refractivity contribution in [3.8, 4) is 0 Å². The van der Waals surface area contributed by atoms with Crippen LogP contribution in [-0.2, 0) is 14.3 Å². The number of rotatable bonds is 1. The highest BCUT2D eigenvalue weighted by Crippen LogP contribution is 2.27. The van der Waals surface area contributed by atoms with E-state index in [1.807, 2.05) is 0 Å². The van der Waals surface area contributed by atoms with E-state index in [0.29, 0.717) is 6.61 Å². The molecule has 6 nitrogen and oxygen atoms in total. The van der Waals surface area contributed by atoms with Crippen molar-refractivity contribution in [3.63, 3.8) is 0 Å². The van der Waals surface area contributed by atoms with E-state index in [2.05, 4.69) is 5.32 Å². The number of hydrogen-bond acceptors (Lipinski definition) is 5. The van der Waals surface area contributed by atoms with Gasteiger partial charge in [0.25, 0.3) is 0 Å². The maximum Gasteiger partial charge on any atom is 0.223 e. The highest BCUT2D eigenvalue weighted by atomic mass is 16.7. The summed E-state index contributed by atoms with van der Waals surface area (Å²) in [5.41, 5.74) is 0. The molecule has 0 aromatic carbocycles. The zero-order chi connectivity index (χ0) is 11.9. The fourth-order valence-corrected chi connectivity index (χ4v) is 2.09. The first-order valence-electron chi connectivity index (χ1n) is 5.36. The van der Waals surface area contributed by atoms with Crippen LogP contribution < -0.4 is 5.32 Å². The van der Waals surface area contributed by atoms with Crippen LogP contribution in [0.3, 0.4) is 0 Å². The Morgan fingerprint density at radius 1 is 1.44 bits per heavy atom. The van der Waals surface area contributed by atoms with Gasteiger partial charge in [-0.2, -0.15) is 0 Å². The minimum Gasteiger partial charge on any atom is -0.390 e. The molecular formula is C10H17NO5. The van der Waals surface area contributed by atoms with Gasteiger partial charge in [-0.1, -0.05) is 0 Å². The average Bonchev–Trinajstić information content (AvgIpc) is 2.52. The number of piperidine rings is 1. The first kappa shape index (κ1) is 11.8. The molecule has 4 atom stereocenters. The Bertz CT molecular complexity index is 293. The van der Waals surface area contributed by atoms with E-state index >= 15 is 0 Å².